The molecule has 2 heterocycles. The van der Waals surface area contributed by atoms with Crippen molar-refractivity contribution in [2.75, 3.05) is 42.9 Å². The van der Waals surface area contributed by atoms with E-state index >= 15 is 0 Å². The molecule has 1 aliphatic heterocycles. The monoisotopic (exact) mass is 377 g/mol. The van der Waals surface area contributed by atoms with Crippen molar-refractivity contribution >= 4 is 40.2 Å². The molecule has 0 atom stereocenters. The van der Waals surface area contributed by atoms with Gasteiger partial charge in [-0.3, -0.25) is 4.79 Å². The van der Waals surface area contributed by atoms with Crippen molar-refractivity contribution < 1.29 is 4.79 Å². The Morgan fingerprint density at radius 1 is 1.20 bits per heavy atom. The Labute approximate surface area is 158 Å². The van der Waals surface area contributed by atoms with Crippen molar-refractivity contribution in [1.29, 1.82) is 0 Å². The lowest BCUT2D eigenvalue weighted by Crippen LogP contribution is -2.46. The normalized spacial score (nSPS) is 15.4. The van der Waals surface area contributed by atoms with Crippen LogP contribution in [0.4, 0.5) is 11.4 Å². The van der Waals surface area contributed by atoms with Crippen LogP contribution in [0.25, 0.3) is 0 Å². The number of nitrogens with zero attached hydrogens (tertiary/aromatic N) is 2. The maximum atomic E-state index is 12.7. The molecule has 1 N–H and O–H groups in total. The summed E-state index contributed by atoms with van der Waals surface area (Å²) < 4.78 is 0. The summed E-state index contributed by atoms with van der Waals surface area (Å²) in [5, 5.41) is 3.70. The van der Waals surface area contributed by atoms with Gasteiger partial charge in [-0.05, 0) is 44.7 Å². The van der Waals surface area contributed by atoms with Gasteiger partial charge in [0, 0.05) is 41.0 Å². The number of rotatable bonds is 4. The van der Waals surface area contributed by atoms with Gasteiger partial charge in [0.2, 0.25) is 0 Å². The molecule has 134 valence electrons. The van der Waals surface area contributed by atoms with E-state index in [1.807, 2.05) is 38.1 Å². The van der Waals surface area contributed by atoms with E-state index in [0.717, 1.165) is 59.4 Å². The zero-order chi connectivity index (χ0) is 18.0. The number of benzene rings is 1. The number of aryl methyl sites for hydroxylation is 2. The van der Waals surface area contributed by atoms with E-state index in [1.54, 1.807) is 11.3 Å². The molecule has 0 unspecified atom stereocenters. The van der Waals surface area contributed by atoms with Gasteiger partial charge in [0.25, 0.3) is 5.91 Å². The first-order chi connectivity index (χ1) is 12.0. The van der Waals surface area contributed by atoms with E-state index in [0.29, 0.717) is 5.02 Å². The second-order valence-electron chi connectivity index (χ2n) is 6.36. The fourth-order valence-corrected chi connectivity index (χ4v) is 4.33. The van der Waals surface area contributed by atoms with Crippen molar-refractivity contribution in [3.63, 3.8) is 0 Å². The Morgan fingerprint density at radius 2 is 1.92 bits per heavy atom. The molecule has 2 aromatic rings. The van der Waals surface area contributed by atoms with Crippen molar-refractivity contribution in [2.24, 2.45) is 0 Å². The van der Waals surface area contributed by atoms with E-state index in [9.17, 15) is 4.79 Å². The molecule has 0 spiro atoms. The van der Waals surface area contributed by atoms with Gasteiger partial charge in [0.1, 0.15) is 0 Å². The summed E-state index contributed by atoms with van der Waals surface area (Å²) >= 11 is 7.83. The molecule has 0 saturated carbocycles. The van der Waals surface area contributed by atoms with E-state index in [4.69, 9.17) is 11.6 Å². The maximum Gasteiger partial charge on any atom is 0.256 e. The van der Waals surface area contributed by atoms with Crippen molar-refractivity contribution in [3.8, 4) is 0 Å². The Hall–Kier alpha value is -1.56. The summed E-state index contributed by atoms with van der Waals surface area (Å²) in [6, 6.07) is 7.68. The quantitative estimate of drug-likeness (QED) is 0.857. The molecule has 1 saturated heterocycles. The molecular formula is C19H24ClN3OS. The molecular weight excluding hydrogens is 354 g/mol. The minimum absolute atomic E-state index is 0.0717. The summed E-state index contributed by atoms with van der Waals surface area (Å²) in [4.78, 5) is 19.7. The highest BCUT2D eigenvalue weighted by Gasteiger charge is 2.20. The molecule has 1 aromatic carbocycles. The molecule has 1 fully saturated rings. The van der Waals surface area contributed by atoms with Crippen molar-refractivity contribution in [2.45, 2.75) is 20.8 Å². The standard InChI is InChI=1S/C19H24ClN3OS/c1-4-22-7-9-23(10-8-22)18-6-5-15(20)12-17(18)21-19(24)16-11-13(2)25-14(16)3/h5-6,11-12H,4,7-10H2,1-3H3,(H,21,24). The number of likely N-dealkylation sites (N-methyl/N-ethyl adjacent to an activating group) is 1. The molecule has 0 bridgehead atoms. The Bertz CT molecular complexity index is 766. The van der Waals surface area contributed by atoms with Crippen LogP contribution in [0.1, 0.15) is 27.0 Å². The topological polar surface area (TPSA) is 35.6 Å². The zero-order valence-electron chi connectivity index (χ0n) is 14.9. The highest BCUT2D eigenvalue weighted by atomic mass is 35.5. The van der Waals surface area contributed by atoms with Crippen LogP contribution in [0, 0.1) is 13.8 Å². The molecule has 0 aliphatic carbocycles. The van der Waals surface area contributed by atoms with Gasteiger partial charge in [0.15, 0.2) is 0 Å². The second-order valence-corrected chi connectivity index (χ2v) is 8.26. The Kier molecular flexibility index (Phi) is 5.67. The molecule has 4 nitrogen and oxygen atoms in total. The maximum absolute atomic E-state index is 12.7. The largest absolute Gasteiger partial charge is 0.367 e. The SMILES string of the molecule is CCN1CCN(c2ccc(Cl)cc2NC(=O)c2cc(C)sc2C)CC1. The number of halogens is 1. The van der Waals surface area contributed by atoms with Gasteiger partial charge in [-0.2, -0.15) is 0 Å². The highest BCUT2D eigenvalue weighted by molar-refractivity contribution is 7.12. The lowest BCUT2D eigenvalue weighted by Gasteiger charge is -2.36. The number of piperazine rings is 1. The molecule has 1 aliphatic rings. The van der Waals surface area contributed by atoms with Gasteiger partial charge in [-0.15, -0.1) is 11.3 Å². The lowest BCUT2D eigenvalue weighted by molar-refractivity contribution is 0.102. The minimum Gasteiger partial charge on any atom is -0.367 e. The number of thiophene rings is 1. The van der Waals surface area contributed by atoms with Crippen LogP contribution in [0.2, 0.25) is 5.02 Å². The number of anilines is 2. The molecule has 0 radical (unpaired) electrons. The highest BCUT2D eigenvalue weighted by Crippen LogP contribution is 2.31. The number of nitrogens with one attached hydrogen (secondary N) is 1. The average Bonchev–Trinajstić information content (AvgIpc) is 2.94. The first kappa shape index (κ1) is 18.2. The van der Waals surface area contributed by atoms with Crippen LogP contribution >= 0.6 is 22.9 Å². The number of carbonyl (C=O) groups is 1. The van der Waals surface area contributed by atoms with Gasteiger partial charge in [-0.1, -0.05) is 18.5 Å². The van der Waals surface area contributed by atoms with E-state index in [-0.39, 0.29) is 5.91 Å². The van der Waals surface area contributed by atoms with Gasteiger partial charge >= 0.3 is 0 Å². The average molecular weight is 378 g/mol. The zero-order valence-corrected chi connectivity index (χ0v) is 16.5. The Morgan fingerprint density at radius 3 is 2.52 bits per heavy atom. The first-order valence-electron chi connectivity index (χ1n) is 8.63. The third kappa shape index (κ3) is 4.17. The van der Waals surface area contributed by atoms with Crippen LogP contribution in [0.3, 0.4) is 0 Å². The van der Waals surface area contributed by atoms with Crippen molar-refractivity contribution in [3.05, 3.63) is 44.6 Å². The summed E-state index contributed by atoms with van der Waals surface area (Å²) in [5.41, 5.74) is 2.56. The van der Waals surface area contributed by atoms with Crippen LogP contribution < -0.4 is 10.2 Å². The fourth-order valence-electron chi connectivity index (χ4n) is 3.24. The first-order valence-corrected chi connectivity index (χ1v) is 9.82. The Balaban J connectivity index is 1.82. The molecule has 1 aromatic heterocycles. The summed E-state index contributed by atoms with van der Waals surface area (Å²) in [5.74, 6) is -0.0717. The number of hydrogen-bond acceptors (Lipinski definition) is 4. The smallest absolute Gasteiger partial charge is 0.256 e. The predicted octanol–water partition coefficient (Wildman–Crippen LogP) is 4.41. The second kappa shape index (κ2) is 7.77. The van der Waals surface area contributed by atoms with Crippen LogP contribution in [-0.4, -0.2) is 43.5 Å². The van der Waals surface area contributed by atoms with Crippen LogP contribution in [0.5, 0.6) is 0 Å². The lowest BCUT2D eigenvalue weighted by atomic mass is 10.2. The molecule has 1 amide bonds. The summed E-state index contributed by atoms with van der Waals surface area (Å²) in [6.07, 6.45) is 0. The summed E-state index contributed by atoms with van der Waals surface area (Å²) in [6.45, 7) is 11.3. The predicted molar refractivity (Wildman–Crippen MR) is 108 cm³/mol. The molecule has 25 heavy (non-hydrogen) atoms. The van der Waals surface area contributed by atoms with Crippen molar-refractivity contribution in [1.82, 2.24) is 4.90 Å². The molecule has 3 rings (SSSR count). The number of amides is 1. The van der Waals surface area contributed by atoms with Gasteiger partial charge in [0.05, 0.1) is 16.9 Å². The van der Waals surface area contributed by atoms with E-state index in [2.05, 4.69) is 22.0 Å². The van der Waals surface area contributed by atoms with Gasteiger partial charge in [-0.25, -0.2) is 0 Å². The third-order valence-corrected chi connectivity index (χ3v) is 5.85. The van der Waals surface area contributed by atoms with E-state index < -0.39 is 0 Å². The number of carbonyl (C=O) groups excluding carboxylic acids is 1. The number of hydrogen-bond donors (Lipinski definition) is 1. The summed E-state index contributed by atoms with van der Waals surface area (Å²) in [7, 11) is 0. The minimum atomic E-state index is -0.0717. The third-order valence-electron chi connectivity index (χ3n) is 4.65. The molecule has 6 heteroatoms. The van der Waals surface area contributed by atoms with Crippen LogP contribution in [0.15, 0.2) is 24.3 Å². The van der Waals surface area contributed by atoms with E-state index in [1.165, 1.54) is 0 Å². The fraction of sp³-hybridized carbons (Fsp3) is 0.421. The van der Waals surface area contributed by atoms with Crippen LogP contribution in [-0.2, 0) is 0 Å². The van der Waals surface area contributed by atoms with Gasteiger partial charge < -0.3 is 15.1 Å².